The molecule has 16 rings (SSSR count). The highest BCUT2D eigenvalue weighted by Crippen LogP contribution is 2.63. The second-order valence-electron chi connectivity index (χ2n) is 20.6. The molecule has 3 aliphatic heterocycles. The van der Waals surface area contributed by atoms with E-state index in [2.05, 4.69) is 126 Å². The second kappa shape index (κ2) is 10.5. The number of nitrogens with zero attached hydrogens (tertiary/aromatic N) is 2. The van der Waals surface area contributed by atoms with Gasteiger partial charge in [0.05, 0.1) is 0 Å². The zero-order chi connectivity index (χ0) is 35.8. The zero-order valence-electron chi connectivity index (χ0n) is 32.3. The minimum absolute atomic E-state index is 0.211. The number of anilines is 4. The van der Waals surface area contributed by atoms with Gasteiger partial charge in [0.25, 0.3) is 6.71 Å². The summed E-state index contributed by atoms with van der Waals surface area (Å²) in [6.07, 6.45) is 17.1. The third-order valence-electron chi connectivity index (χ3n) is 17.5. The molecule has 8 fully saturated rings. The Morgan fingerprint density at radius 1 is 0.455 bits per heavy atom. The van der Waals surface area contributed by atoms with Crippen molar-refractivity contribution in [1.29, 1.82) is 0 Å². The van der Waals surface area contributed by atoms with Crippen LogP contribution in [0.3, 0.4) is 0 Å². The summed E-state index contributed by atoms with van der Waals surface area (Å²) in [5, 5.41) is 6.36. The fourth-order valence-corrected chi connectivity index (χ4v) is 22.2. The van der Waals surface area contributed by atoms with Crippen molar-refractivity contribution in [2.24, 2.45) is 35.5 Å². The van der Waals surface area contributed by atoms with Gasteiger partial charge in [0.15, 0.2) is 8.07 Å². The summed E-state index contributed by atoms with van der Waals surface area (Å²) in [5.74, 6) is 5.35. The fraction of sp³-hybridized carbons (Fsp3) is 0.412. The van der Waals surface area contributed by atoms with Crippen LogP contribution in [0, 0.1) is 42.4 Å². The van der Waals surface area contributed by atoms with Gasteiger partial charge in [0.1, 0.15) is 0 Å². The van der Waals surface area contributed by atoms with E-state index in [1.807, 2.05) is 0 Å². The van der Waals surface area contributed by atoms with Crippen LogP contribution >= 0.6 is 0 Å². The molecule has 4 heteroatoms. The first-order chi connectivity index (χ1) is 27.0. The molecule has 0 spiro atoms. The summed E-state index contributed by atoms with van der Waals surface area (Å²) in [5.41, 5.74) is 13.1. The quantitative estimate of drug-likeness (QED) is 0.180. The third-order valence-corrected chi connectivity index (χ3v) is 22.3. The molecular formula is C51H51BN2Si. The molecule has 0 unspecified atom stereocenters. The van der Waals surface area contributed by atoms with Gasteiger partial charge in [-0.3, -0.25) is 0 Å². The highest BCUT2D eigenvalue weighted by atomic mass is 28.3. The number of hydrogen-bond donors (Lipinski definition) is 0. The molecule has 0 N–H and O–H groups in total. The van der Waals surface area contributed by atoms with Crippen molar-refractivity contribution in [3.05, 3.63) is 115 Å². The van der Waals surface area contributed by atoms with Gasteiger partial charge in [-0.15, -0.1) is 0 Å². The normalized spacial score (nSPS) is 34.3. The van der Waals surface area contributed by atoms with Crippen LogP contribution in [-0.2, 0) is 0 Å². The smallest absolute Gasteiger partial charge is 0.251 e. The van der Waals surface area contributed by atoms with Crippen molar-refractivity contribution in [2.75, 3.05) is 9.80 Å². The van der Waals surface area contributed by atoms with E-state index < -0.39 is 8.07 Å². The monoisotopic (exact) mass is 730 g/mol. The average Bonchev–Trinajstić information content (AvgIpc) is 3.17. The van der Waals surface area contributed by atoms with Crippen molar-refractivity contribution < 1.29 is 0 Å². The van der Waals surface area contributed by atoms with Crippen LogP contribution in [0.5, 0.6) is 0 Å². The third kappa shape index (κ3) is 3.80. The summed E-state index contributed by atoms with van der Waals surface area (Å²) in [4.78, 5) is 6.18. The molecule has 0 aromatic heterocycles. The Balaban J connectivity index is 1.14. The maximum Gasteiger partial charge on any atom is 0.251 e. The average molecular weight is 731 g/mol. The molecule has 0 radical (unpaired) electrons. The molecule has 11 aliphatic rings. The molecule has 8 saturated carbocycles. The Bertz CT molecular complexity index is 2220. The minimum atomic E-state index is -2.76. The predicted molar refractivity (Wildman–Crippen MR) is 232 cm³/mol. The summed E-state index contributed by atoms with van der Waals surface area (Å²) in [7, 11) is -2.76. The topological polar surface area (TPSA) is 6.48 Å². The maximum atomic E-state index is 3.09. The number of aryl methyl sites for hydroxylation is 1. The first-order valence-corrected chi connectivity index (χ1v) is 24.1. The van der Waals surface area contributed by atoms with Crippen molar-refractivity contribution in [3.63, 3.8) is 0 Å². The molecule has 8 bridgehead atoms. The molecule has 55 heavy (non-hydrogen) atoms. The van der Waals surface area contributed by atoms with Gasteiger partial charge in [-0.1, -0.05) is 84.9 Å². The van der Waals surface area contributed by atoms with Gasteiger partial charge in [0.2, 0.25) is 0 Å². The maximum absolute atomic E-state index is 3.09. The van der Waals surface area contributed by atoms with Gasteiger partial charge in [-0.25, -0.2) is 0 Å². The SMILES string of the molecule is Cc1cc2c3c(c1)N(C14CC5CC(CC(C5)C1)C4)c1cccc4c1B3c1c(cccc1[Si]4(c1ccccc1)c1ccccc1)N2C12CC3CC(CC(C3)C1)C2. The van der Waals surface area contributed by atoms with Crippen LogP contribution in [-0.4, -0.2) is 25.9 Å². The summed E-state index contributed by atoms with van der Waals surface area (Å²) < 4.78 is 0. The van der Waals surface area contributed by atoms with Gasteiger partial charge < -0.3 is 9.80 Å². The molecule has 0 amide bonds. The van der Waals surface area contributed by atoms with Crippen LogP contribution in [0.1, 0.15) is 82.6 Å². The lowest BCUT2D eigenvalue weighted by atomic mass is 9.32. The Morgan fingerprint density at radius 3 is 1.22 bits per heavy atom. The zero-order valence-corrected chi connectivity index (χ0v) is 33.3. The summed E-state index contributed by atoms with van der Waals surface area (Å²) in [6, 6.07) is 44.5. The molecular weight excluding hydrogens is 679 g/mol. The Hall–Kier alpha value is -4.02. The predicted octanol–water partition coefficient (Wildman–Crippen LogP) is 7.04. The lowest BCUT2D eigenvalue weighted by Crippen LogP contribution is -2.88. The standard InChI is InChI=1S/C51H51BN2Si/c1-32-18-43-47-44(19-32)54(51-29-36-23-37(30-51)25-38(24-36)31-51)42-15-9-17-46-49(42)52(47)48-41(53(43)50-26-33-20-34(27-50)22-35(21-33)28-50)14-8-16-45(48)55(46,39-10-4-2-5-11-39)40-12-6-3-7-13-40/h2-19,33-38H,20-31H2,1H3. The number of benzene rings is 5. The fourth-order valence-electron chi connectivity index (χ4n) is 16.9. The lowest BCUT2D eigenvalue weighted by Gasteiger charge is -2.65. The molecule has 0 saturated heterocycles. The van der Waals surface area contributed by atoms with Crippen molar-refractivity contribution in [2.45, 2.75) is 95.1 Å². The molecule has 5 aromatic rings. The molecule has 2 nitrogen and oxygen atoms in total. The first-order valence-electron chi connectivity index (χ1n) is 22.1. The molecule has 8 aliphatic carbocycles. The Labute approximate surface area is 328 Å². The van der Waals surface area contributed by atoms with Crippen molar-refractivity contribution in [3.8, 4) is 0 Å². The second-order valence-corrected chi connectivity index (χ2v) is 24.3. The summed E-state index contributed by atoms with van der Waals surface area (Å²) in [6.45, 7) is 2.69. The number of rotatable bonds is 4. The van der Waals surface area contributed by atoms with E-state index in [1.54, 1.807) is 49.5 Å². The van der Waals surface area contributed by atoms with E-state index in [4.69, 9.17) is 0 Å². The molecule has 5 aromatic carbocycles. The van der Waals surface area contributed by atoms with E-state index in [0.717, 1.165) is 35.5 Å². The van der Waals surface area contributed by atoms with E-state index in [0.29, 0.717) is 0 Å². The van der Waals surface area contributed by atoms with Gasteiger partial charge in [-0.05, 0) is 186 Å². The van der Waals surface area contributed by atoms with Crippen LogP contribution < -0.4 is 46.9 Å². The van der Waals surface area contributed by atoms with E-state index in [9.17, 15) is 0 Å². The van der Waals surface area contributed by atoms with Crippen LogP contribution in [0.25, 0.3) is 0 Å². The van der Waals surface area contributed by atoms with E-state index in [1.165, 1.54) is 93.0 Å². The summed E-state index contributed by atoms with van der Waals surface area (Å²) >= 11 is 0. The van der Waals surface area contributed by atoms with Crippen LogP contribution in [0.4, 0.5) is 22.7 Å². The van der Waals surface area contributed by atoms with Gasteiger partial charge in [0, 0.05) is 33.8 Å². The van der Waals surface area contributed by atoms with E-state index >= 15 is 0 Å². The molecule has 272 valence electrons. The highest BCUT2D eigenvalue weighted by molar-refractivity contribution is 7.27. The van der Waals surface area contributed by atoms with Crippen molar-refractivity contribution in [1.82, 2.24) is 0 Å². The lowest BCUT2D eigenvalue weighted by molar-refractivity contribution is 0.000355. The number of hydrogen-bond acceptors (Lipinski definition) is 2. The Kier molecular flexibility index (Phi) is 5.93. The highest BCUT2D eigenvalue weighted by Gasteiger charge is 2.63. The molecule has 3 heterocycles. The van der Waals surface area contributed by atoms with Gasteiger partial charge >= 0.3 is 0 Å². The molecule has 0 atom stereocenters. The van der Waals surface area contributed by atoms with Crippen LogP contribution in [0.15, 0.2) is 109 Å². The van der Waals surface area contributed by atoms with Gasteiger partial charge in [-0.2, -0.15) is 0 Å². The Morgan fingerprint density at radius 2 is 0.836 bits per heavy atom. The first kappa shape index (κ1) is 31.1. The van der Waals surface area contributed by atoms with Crippen molar-refractivity contribution >= 4 is 74.7 Å². The minimum Gasteiger partial charge on any atom is -0.336 e. The largest absolute Gasteiger partial charge is 0.336 e. The van der Waals surface area contributed by atoms with E-state index in [-0.39, 0.29) is 17.8 Å². The van der Waals surface area contributed by atoms with Crippen LogP contribution in [0.2, 0.25) is 0 Å².